The molecule has 0 spiro atoms. The van der Waals surface area contributed by atoms with Crippen LogP contribution in [0.3, 0.4) is 0 Å². The zero-order chi connectivity index (χ0) is 20.3. The maximum atomic E-state index is 13.3. The number of rotatable bonds is 6. The van der Waals surface area contributed by atoms with Crippen LogP contribution in [-0.2, 0) is 16.4 Å². The molecule has 6 nitrogen and oxygen atoms in total. The van der Waals surface area contributed by atoms with Crippen molar-refractivity contribution in [2.24, 2.45) is 0 Å². The summed E-state index contributed by atoms with van der Waals surface area (Å²) in [6.07, 6.45) is 1.80. The maximum Gasteiger partial charge on any atom is 0.274 e. The predicted octanol–water partition coefficient (Wildman–Crippen LogP) is 3.72. The molecule has 150 valence electrons. The van der Waals surface area contributed by atoms with Crippen LogP contribution in [0.2, 0.25) is 10.0 Å². The molecule has 0 bridgehead atoms. The van der Waals surface area contributed by atoms with Crippen molar-refractivity contribution in [1.29, 1.82) is 0 Å². The third kappa shape index (κ3) is 5.17. The Morgan fingerprint density at radius 2 is 2.00 bits per heavy atom. The van der Waals surface area contributed by atoms with E-state index in [-0.39, 0.29) is 28.8 Å². The highest BCUT2D eigenvalue weighted by Gasteiger charge is 2.36. The van der Waals surface area contributed by atoms with Gasteiger partial charge in [0.15, 0.2) is 20.7 Å². The van der Waals surface area contributed by atoms with Gasteiger partial charge in [-0.25, -0.2) is 18.4 Å². The smallest absolute Gasteiger partial charge is 0.274 e. The standard InChI is InChI=1S/C18H19Cl2N3O3S2/c1-2-27-18-21-9-15(20)16(22-18)17(24)23(14-7-8-28(25,26)11-14)10-12-3-5-13(19)6-4-12/h3-6,9,14H,2,7-8,10-11H2,1H3/t14-/m1/s1. The van der Waals surface area contributed by atoms with Gasteiger partial charge in [0.25, 0.3) is 5.91 Å². The normalized spacial score (nSPS) is 18.2. The van der Waals surface area contributed by atoms with Crippen molar-refractivity contribution in [2.45, 2.75) is 31.1 Å². The number of sulfone groups is 1. The zero-order valence-corrected chi connectivity index (χ0v) is 18.3. The minimum absolute atomic E-state index is 0.0639. The molecule has 1 aliphatic rings. The summed E-state index contributed by atoms with van der Waals surface area (Å²) in [7, 11) is -3.17. The zero-order valence-electron chi connectivity index (χ0n) is 15.1. The number of nitrogens with zero attached hydrogens (tertiary/aromatic N) is 3. The van der Waals surface area contributed by atoms with Gasteiger partial charge in [-0.15, -0.1) is 0 Å². The number of carbonyl (C=O) groups excluding carboxylic acids is 1. The molecule has 0 N–H and O–H groups in total. The average molecular weight is 460 g/mol. The highest BCUT2D eigenvalue weighted by molar-refractivity contribution is 7.99. The fourth-order valence-electron chi connectivity index (χ4n) is 3.01. The number of hydrogen-bond donors (Lipinski definition) is 0. The number of hydrogen-bond acceptors (Lipinski definition) is 6. The van der Waals surface area contributed by atoms with Crippen LogP contribution in [-0.4, -0.2) is 52.5 Å². The Morgan fingerprint density at radius 1 is 1.29 bits per heavy atom. The van der Waals surface area contributed by atoms with Crippen LogP contribution >= 0.6 is 35.0 Å². The Bertz CT molecular complexity index is 969. The minimum Gasteiger partial charge on any atom is -0.329 e. The molecule has 0 unspecified atom stereocenters. The number of carbonyl (C=O) groups is 1. The van der Waals surface area contributed by atoms with Gasteiger partial charge in [-0.3, -0.25) is 4.79 Å². The lowest BCUT2D eigenvalue weighted by Gasteiger charge is -2.28. The highest BCUT2D eigenvalue weighted by atomic mass is 35.5. The molecular weight excluding hydrogens is 441 g/mol. The van der Waals surface area contributed by atoms with E-state index < -0.39 is 21.8 Å². The molecule has 0 saturated carbocycles. The SMILES string of the molecule is CCSc1ncc(Cl)c(C(=O)N(Cc2ccc(Cl)cc2)[C@@H]2CCS(=O)(=O)C2)n1. The molecule has 1 atom stereocenters. The summed E-state index contributed by atoms with van der Waals surface area (Å²) in [6.45, 7) is 2.20. The van der Waals surface area contributed by atoms with Gasteiger partial charge in [-0.1, -0.05) is 54.0 Å². The average Bonchev–Trinajstić information content (AvgIpc) is 3.02. The van der Waals surface area contributed by atoms with E-state index in [1.165, 1.54) is 18.0 Å². The third-order valence-electron chi connectivity index (χ3n) is 4.37. The highest BCUT2D eigenvalue weighted by Crippen LogP contribution is 2.25. The first-order valence-corrected chi connectivity index (χ1v) is 12.3. The van der Waals surface area contributed by atoms with Crippen molar-refractivity contribution in [3.05, 3.63) is 51.8 Å². The predicted molar refractivity (Wildman–Crippen MR) is 112 cm³/mol. The summed E-state index contributed by atoms with van der Waals surface area (Å²) in [5, 5.41) is 1.19. The number of benzene rings is 1. The molecule has 0 aliphatic carbocycles. The number of thioether (sulfide) groups is 1. The molecular formula is C18H19Cl2N3O3S2. The van der Waals surface area contributed by atoms with Crippen LogP contribution in [0.1, 0.15) is 29.4 Å². The van der Waals surface area contributed by atoms with E-state index in [9.17, 15) is 13.2 Å². The van der Waals surface area contributed by atoms with Crippen molar-refractivity contribution >= 4 is 50.7 Å². The molecule has 2 aromatic rings. The summed E-state index contributed by atoms with van der Waals surface area (Å²) >= 11 is 13.5. The summed E-state index contributed by atoms with van der Waals surface area (Å²) in [5.41, 5.74) is 0.932. The molecule has 1 aromatic carbocycles. The quantitative estimate of drug-likeness (QED) is 0.483. The Kier molecular flexibility index (Phi) is 6.85. The van der Waals surface area contributed by atoms with E-state index in [2.05, 4.69) is 9.97 Å². The second-order valence-corrected chi connectivity index (χ2v) is 10.7. The molecule has 2 heterocycles. The van der Waals surface area contributed by atoms with E-state index >= 15 is 0 Å². The summed E-state index contributed by atoms with van der Waals surface area (Å²) in [6, 6.07) is 6.66. The molecule has 10 heteroatoms. The van der Waals surface area contributed by atoms with Crippen LogP contribution in [0, 0.1) is 0 Å². The molecule has 1 aliphatic heterocycles. The van der Waals surface area contributed by atoms with Crippen molar-refractivity contribution in [2.75, 3.05) is 17.3 Å². The fourth-order valence-corrected chi connectivity index (χ4v) is 5.58. The lowest BCUT2D eigenvalue weighted by atomic mass is 10.1. The number of aromatic nitrogens is 2. The summed E-state index contributed by atoms with van der Waals surface area (Å²) in [4.78, 5) is 23.3. The van der Waals surface area contributed by atoms with Crippen LogP contribution in [0.5, 0.6) is 0 Å². The monoisotopic (exact) mass is 459 g/mol. The van der Waals surface area contributed by atoms with Gasteiger partial charge in [0.05, 0.1) is 22.7 Å². The molecule has 28 heavy (non-hydrogen) atoms. The molecule has 1 amide bonds. The van der Waals surface area contributed by atoms with Gasteiger partial charge < -0.3 is 4.90 Å². The first-order valence-electron chi connectivity index (χ1n) is 8.70. The second kappa shape index (κ2) is 8.98. The summed E-state index contributed by atoms with van der Waals surface area (Å²) < 4.78 is 24.0. The summed E-state index contributed by atoms with van der Waals surface area (Å²) in [5.74, 6) is 0.356. The van der Waals surface area contributed by atoms with Crippen molar-refractivity contribution in [1.82, 2.24) is 14.9 Å². The van der Waals surface area contributed by atoms with E-state index in [0.717, 1.165) is 11.3 Å². The van der Waals surface area contributed by atoms with Gasteiger partial charge >= 0.3 is 0 Å². The Labute approximate surface area is 178 Å². The van der Waals surface area contributed by atoms with Gasteiger partial charge in [-0.2, -0.15) is 0 Å². The lowest BCUT2D eigenvalue weighted by molar-refractivity contribution is 0.0674. The molecule has 0 radical (unpaired) electrons. The fraction of sp³-hybridized carbons (Fsp3) is 0.389. The third-order valence-corrected chi connectivity index (χ3v) is 7.40. The molecule has 1 saturated heterocycles. The van der Waals surface area contributed by atoms with Crippen molar-refractivity contribution in [3.63, 3.8) is 0 Å². The van der Waals surface area contributed by atoms with E-state index in [1.54, 1.807) is 17.0 Å². The number of amides is 1. The van der Waals surface area contributed by atoms with Crippen LogP contribution in [0.4, 0.5) is 0 Å². The van der Waals surface area contributed by atoms with Crippen molar-refractivity contribution in [3.8, 4) is 0 Å². The van der Waals surface area contributed by atoms with E-state index in [1.807, 2.05) is 19.1 Å². The van der Waals surface area contributed by atoms with Gasteiger partial charge in [0.1, 0.15) is 0 Å². The Balaban J connectivity index is 1.94. The van der Waals surface area contributed by atoms with E-state index in [0.29, 0.717) is 16.6 Å². The van der Waals surface area contributed by atoms with Crippen LogP contribution in [0.15, 0.2) is 35.6 Å². The van der Waals surface area contributed by atoms with Gasteiger partial charge in [-0.05, 0) is 29.9 Å². The van der Waals surface area contributed by atoms with Gasteiger partial charge in [0, 0.05) is 17.6 Å². The Hall–Kier alpha value is -1.35. The minimum atomic E-state index is -3.17. The Morgan fingerprint density at radius 3 is 2.61 bits per heavy atom. The van der Waals surface area contributed by atoms with E-state index in [4.69, 9.17) is 23.2 Å². The molecule has 3 rings (SSSR count). The first-order chi connectivity index (χ1) is 13.3. The lowest BCUT2D eigenvalue weighted by Crippen LogP contribution is -2.41. The van der Waals surface area contributed by atoms with Gasteiger partial charge in [0.2, 0.25) is 0 Å². The largest absolute Gasteiger partial charge is 0.329 e. The number of halogens is 2. The molecule has 1 fully saturated rings. The second-order valence-electron chi connectivity index (χ2n) is 6.40. The first kappa shape index (κ1) is 21.4. The topological polar surface area (TPSA) is 80.2 Å². The van der Waals surface area contributed by atoms with Crippen molar-refractivity contribution < 1.29 is 13.2 Å². The van der Waals surface area contributed by atoms with Crippen LogP contribution < -0.4 is 0 Å². The molecule has 1 aromatic heterocycles. The van der Waals surface area contributed by atoms with Crippen LogP contribution in [0.25, 0.3) is 0 Å². The maximum absolute atomic E-state index is 13.3.